The number of ether oxygens (including phenoxy) is 1. The number of rotatable bonds is 10. The van der Waals surface area contributed by atoms with E-state index in [0.717, 1.165) is 35.9 Å². The Hall–Kier alpha value is -4.52. The van der Waals surface area contributed by atoms with Crippen molar-refractivity contribution in [2.45, 2.75) is 6.18 Å². The first kappa shape index (κ1) is 32.7. The minimum Gasteiger partial charge on any atom is -0.497 e. The van der Waals surface area contributed by atoms with Crippen LogP contribution in [-0.4, -0.2) is 76.2 Å². The monoisotopic (exact) mass is 574 g/mol. The van der Waals surface area contributed by atoms with Gasteiger partial charge in [0, 0.05) is 57.9 Å². The summed E-state index contributed by atoms with van der Waals surface area (Å²) in [6.45, 7) is 5.23. The van der Waals surface area contributed by atoms with Crippen LogP contribution in [0.15, 0.2) is 61.3 Å². The van der Waals surface area contributed by atoms with Crippen LogP contribution in [0.25, 0.3) is 0 Å². The average molecular weight is 575 g/mol. The van der Waals surface area contributed by atoms with E-state index in [1.807, 2.05) is 58.3 Å². The van der Waals surface area contributed by atoms with E-state index in [2.05, 4.69) is 37.0 Å². The van der Waals surface area contributed by atoms with Crippen molar-refractivity contribution < 1.29 is 22.7 Å². The van der Waals surface area contributed by atoms with Crippen molar-refractivity contribution in [2.75, 3.05) is 81.6 Å². The fourth-order valence-electron chi connectivity index (χ4n) is 3.39. The predicted octanol–water partition coefficient (Wildman–Crippen LogP) is 4.70. The summed E-state index contributed by atoms with van der Waals surface area (Å²) in [7, 11) is 11.4. The van der Waals surface area contributed by atoms with E-state index < -0.39 is 11.7 Å². The number of nitrogens with two attached hydrogens (primary N) is 1. The highest BCUT2D eigenvalue weighted by molar-refractivity contribution is 6.01. The number of anilines is 6. The van der Waals surface area contributed by atoms with Gasteiger partial charge in [0.05, 0.1) is 18.5 Å². The summed E-state index contributed by atoms with van der Waals surface area (Å²) in [5.74, 6) is -0.0613. The van der Waals surface area contributed by atoms with Crippen LogP contribution in [0.3, 0.4) is 0 Å². The average Bonchev–Trinajstić information content (AvgIpc) is 2.91. The number of amides is 1. The van der Waals surface area contributed by atoms with Crippen LogP contribution >= 0.6 is 0 Å². The molecule has 0 fully saturated rings. The van der Waals surface area contributed by atoms with Crippen molar-refractivity contribution in [3.63, 3.8) is 0 Å². The molecule has 0 saturated carbocycles. The van der Waals surface area contributed by atoms with E-state index >= 15 is 0 Å². The molecule has 13 heteroatoms. The van der Waals surface area contributed by atoms with E-state index in [0.29, 0.717) is 11.9 Å². The maximum Gasteiger partial charge on any atom is 0.421 e. The lowest BCUT2D eigenvalue weighted by Gasteiger charge is -2.24. The van der Waals surface area contributed by atoms with Crippen molar-refractivity contribution in [1.82, 2.24) is 14.9 Å². The second-order valence-corrected chi connectivity index (χ2v) is 9.36. The number of alkyl halides is 3. The maximum atomic E-state index is 12.9. The van der Waals surface area contributed by atoms with Gasteiger partial charge in [0.25, 0.3) is 0 Å². The van der Waals surface area contributed by atoms with E-state index in [-0.39, 0.29) is 17.7 Å². The van der Waals surface area contributed by atoms with E-state index in [1.165, 1.54) is 6.08 Å². The number of nitrogens with zero attached hydrogens (tertiary/aromatic N) is 5. The summed E-state index contributed by atoms with van der Waals surface area (Å²) in [6, 6.07) is 12.4. The molecule has 0 atom stereocenters. The Morgan fingerprint density at radius 1 is 1.07 bits per heavy atom. The van der Waals surface area contributed by atoms with Crippen LogP contribution in [-0.2, 0) is 11.0 Å². The van der Waals surface area contributed by atoms with Crippen molar-refractivity contribution in [2.24, 2.45) is 0 Å². The molecule has 2 aromatic carbocycles. The predicted molar refractivity (Wildman–Crippen MR) is 159 cm³/mol. The number of likely N-dealkylation sites (N-methyl/N-ethyl adjacent to an activating group) is 2. The summed E-state index contributed by atoms with van der Waals surface area (Å²) < 4.78 is 43.9. The minimum absolute atomic E-state index is 0.225. The summed E-state index contributed by atoms with van der Waals surface area (Å²) in [6.07, 6.45) is -2.63. The van der Waals surface area contributed by atoms with Crippen molar-refractivity contribution in [3.8, 4) is 5.75 Å². The molecule has 0 bridgehead atoms. The molecule has 0 aliphatic carbocycles. The van der Waals surface area contributed by atoms with E-state index in [1.54, 1.807) is 31.4 Å². The normalized spacial score (nSPS) is 10.8. The number of nitrogen functional groups attached to an aromatic ring is 1. The molecule has 0 saturated heterocycles. The quantitative estimate of drug-likeness (QED) is 0.297. The van der Waals surface area contributed by atoms with Gasteiger partial charge < -0.3 is 35.8 Å². The molecule has 0 radical (unpaired) electrons. The van der Waals surface area contributed by atoms with E-state index in [9.17, 15) is 18.0 Å². The molecule has 41 heavy (non-hydrogen) atoms. The van der Waals surface area contributed by atoms with Crippen molar-refractivity contribution in [1.29, 1.82) is 0 Å². The fourth-order valence-corrected chi connectivity index (χ4v) is 3.39. The Kier molecular flexibility index (Phi) is 11.8. The molecule has 1 heterocycles. The van der Waals surface area contributed by atoms with Gasteiger partial charge in [-0.2, -0.15) is 18.2 Å². The van der Waals surface area contributed by atoms with Crippen LogP contribution in [0.2, 0.25) is 0 Å². The minimum atomic E-state index is -4.56. The van der Waals surface area contributed by atoms with Gasteiger partial charge >= 0.3 is 6.18 Å². The molecule has 0 unspecified atom stereocenters. The molecule has 4 N–H and O–H groups in total. The zero-order chi connectivity index (χ0) is 30.7. The SMILES string of the molecule is C=CC(=O)Nc1ccc(OC)cc1N(C)CCN(C)C.CN(C)c1ccc(Nc2nc(N)ncc2C(F)(F)F)cc1. The number of nitrogens with one attached hydrogen (secondary N) is 2. The molecule has 1 aromatic heterocycles. The van der Waals surface area contributed by atoms with Gasteiger partial charge in [-0.1, -0.05) is 6.58 Å². The summed E-state index contributed by atoms with van der Waals surface area (Å²) >= 11 is 0. The fraction of sp³-hybridized carbons (Fsp3) is 0.321. The Balaban J connectivity index is 0.000000287. The van der Waals surface area contributed by atoms with Crippen LogP contribution in [0, 0.1) is 0 Å². The smallest absolute Gasteiger partial charge is 0.421 e. The number of benzene rings is 2. The van der Waals surface area contributed by atoms with Gasteiger partial charge in [-0.05, 0) is 56.6 Å². The second-order valence-electron chi connectivity index (χ2n) is 9.36. The zero-order valence-electron chi connectivity index (χ0n) is 24.1. The molecule has 222 valence electrons. The number of carbonyl (C=O) groups is 1. The highest BCUT2D eigenvalue weighted by Crippen LogP contribution is 2.35. The third-order valence-electron chi connectivity index (χ3n) is 5.70. The van der Waals surface area contributed by atoms with Crippen LogP contribution < -0.4 is 30.9 Å². The molecule has 1 amide bonds. The summed E-state index contributed by atoms with van der Waals surface area (Å²) in [5, 5.41) is 5.43. The van der Waals surface area contributed by atoms with Gasteiger partial charge in [0.2, 0.25) is 11.9 Å². The number of methoxy groups -OCH3 is 1. The molecule has 3 rings (SSSR count). The maximum absolute atomic E-state index is 12.9. The first-order valence-electron chi connectivity index (χ1n) is 12.5. The molecule has 0 spiro atoms. The lowest BCUT2D eigenvalue weighted by atomic mass is 10.2. The number of hydrogen-bond donors (Lipinski definition) is 3. The van der Waals surface area contributed by atoms with Gasteiger partial charge in [-0.3, -0.25) is 4.79 Å². The third kappa shape index (κ3) is 10.2. The highest BCUT2D eigenvalue weighted by Gasteiger charge is 2.35. The van der Waals surface area contributed by atoms with Gasteiger partial charge in [-0.25, -0.2) is 4.98 Å². The van der Waals surface area contributed by atoms with Gasteiger partial charge in [0.15, 0.2) is 0 Å². The number of hydrogen-bond acceptors (Lipinski definition) is 9. The Bertz CT molecular complexity index is 1300. The molecule has 3 aromatic rings. The highest BCUT2D eigenvalue weighted by atomic mass is 19.4. The molecule has 10 nitrogen and oxygen atoms in total. The molecular weight excluding hydrogens is 537 g/mol. The largest absolute Gasteiger partial charge is 0.497 e. The first-order chi connectivity index (χ1) is 19.2. The van der Waals surface area contributed by atoms with Crippen molar-refractivity contribution >= 4 is 40.4 Å². The third-order valence-corrected chi connectivity index (χ3v) is 5.70. The summed E-state index contributed by atoms with van der Waals surface area (Å²) in [5.41, 5.74) is 7.46. The Morgan fingerprint density at radius 2 is 1.73 bits per heavy atom. The first-order valence-corrected chi connectivity index (χ1v) is 12.5. The second kappa shape index (κ2) is 14.7. The Morgan fingerprint density at radius 3 is 2.27 bits per heavy atom. The molecular formula is C28H37F3N8O2. The van der Waals surface area contributed by atoms with Gasteiger partial charge in [0.1, 0.15) is 17.1 Å². The van der Waals surface area contributed by atoms with Gasteiger partial charge in [-0.15, -0.1) is 0 Å². The number of carbonyl (C=O) groups excluding carboxylic acids is 1. The lowest BCUT2D eigenvalue weighted by molar-refractivity contribution is -0.137. The van der Waals surface area contributed by atoms with Crippen LogP contribution in [0.4, 0.5) is 47.7 Å². The molecule has 0 aliphatic heterocycles. The van der Waals surface area contributed by atoms with Crippen molar-refractivity contribution in [3.05, 3.63) is 66.9 Å². The zero-order valence-corrected chi connectivity index (χ0v) is 24.1. The topological polar surface area (TPSA) is 112 Å². The standard InChI is InChI=1S/C15H23N3O2.C13H14F3N5/c1-6-15(19)16-13-8-7-12(20-5)11-14(13)18(4)10-9-17(2)3;1-21(2)9-5-3-8(4-6-9)19-11-10(13(14,15)16)7-18-12(17)20-11/h6-8,11H,1,9-10H2,2-5H3,(H,16,19);3-7H,1-2H3,(H3,17,18,19,20). The number of aromatic nitrogens is 2. The number of halogens is 3. The van der Waals surface area contributed by atoms with E-state index in [4.69, 9.17) is 10.5 Å². The van der Waals surface area contributed by atoms with Crippen LogP contribution in [0.1, 0.15) is 5.56 Å². The summed E-state index contributed by atoms with van der Waals surface area (Å²) in [4.78, 5) is 24.6. The lowest BCUT2D eigenvalue weighted by Crippen LogP contribution is -2.29. The Labute approximate surface area is 238 Å². The molecule has 0 aliphatic rings. The van der Waals surface area contributed by atoms with Crippen LogP contribution in [0.5, 0.6) is 5.75 Å².